The number of nitrogens with zero attached hydrogens (tertiary/aromatic N) is 3. The maximum atomic E-state index is 14.5. The Balaban J connectivity index is 1.09. The van der Waals surface area contributed by atoms with E-state index in [-0.39, 0.29) is 59.8 Å². The maximum Gasteiger partial charge on any atom is 0.326 e. The molecule has 15 heteroatoms. The molecular formula is C43H63ClN4O9S. The molecule has 0 radical (unpaired) electrons. The SMILES string of the molecule is COC(=O)C(C)(Cc1c(N2C(=O)C(C)(C)N(C3CCC(OCCOC4CCCCO4)CC3)C2=S)ccc(C#N)c1Cl)NC1CCC(OCCOC2CCCCO2)CC1. The predicted molar refractivity (Wildman–Crippen MR) is 223 cm³/mol. The van der Waals surface area contributed by atoms with Crippen molar-refractivity contribution in [3.05, 3.63) is 28.3 Å². The van der Waals surface area contributed by atoms with Crippen molar-refractivity contribution in [2.45, 2.75) is 165 Å². The molecular weight excluding hydrogens is 784 g/mol. The first kappa shape index (κ1) is 45.1. The third-order valence-electron chi connectivity index (χ3n) is 12.4. The molecule has 1 aromatic rings. The molecule has 3 saturated heterocycles. The van der Waals surface area contributed by atoms with E-state index in [9.17, 15) is 14.9 Å². The van der Waals surface area contributed by atoms with E-state index in [4.69, 9.17) is 57.0 Å². The Morgan fingerprint density at radius 3 is 1.97 bits per heavy atom. The molecule has 1 amide bonds. The van der Waals surface area contributed by atoms with Gasteiger partial charge in [0.1, 0.15) is 17.1 Å². The van der Waals surface area contributed by atoms with Crippen LogP contribution in [0, 0.1) is 11.3 Å². The summed E-state index contributed by atoms with van der Waals surface area (Å²) >= 11 is 13.2. The standard InChI is InChI=1S/C43H63ClN4O9S/c1-42(2)39(49)47(41(58)48(42)31-14-18-33(19-15-31)53-24-26-57-37-10-6-8-22-55-37)35-20-11-29(28-45)38(44)34(35)27-43(3,40(50)51-4)46-30-12-16-32(17-13-30)52-23-25-56-36-9-5-7-21-54-36/h11,20,30-33,36-37,46H,5-10,12-19,21-27H2,1-4H3. The van der Waals surface area contributed by atoms with E-state index >= 15 is 0 Å². The number of benzene rings is 1. The van der Waals surface area contributed by atoms with Crippen molar-refractivity contribution in [1.82, 2.24) is 10.2 Å². The van der Waals surface area contributed by atoms with E-state index in [1.165, 1.54) is 7.11 Å². The van der Waals surface area contributed by atoms with Gasteiger partial charge >= 0.3 is 5.97 Å². The molecule has 5 aliphatic rings. The van der Waals surface area contributed by atoms with Crippen molar-refractivity contribution in [2.75, 3.05) is 51.7 Å². The number of hydrogen-bond donors (Lipinski definition) is 1. The number of ether oxygens (including phenoxy) is 7. The minimum absolute atomic E-state index is 0.00123. The first-order valence-corrected chi connectivity index (χ1v) is 22.2. The molecule has 3 aliphatic heterocycles. The second-order valence-electron chi connectivity index (χ2n) is 17.0. The van der Waals surface area contributed by atoms with E-state index in [1.807, 2.05) is 13.8 Å². The van der Waals surface area contributed by atoms with Crippen LogP contribution in [0.3, 0.4) is 0 Å². The average Bonchev–Trinajstić information content (AvgIpc) is 3.41. The number of nitrogens with one attached hydrogen (secondary N) is 1. The van der Waals surface area contributed by atoms with Gasteiger partial charge in [0.15, 0.2) is 17.7 Å². The number of amides is 1. The van der Waals surface area contributed by atoms with Gasteiger partial charge in [0.2, 0.25) is 0 Å². The lowest BCUT2D eigenvalue weighted by Gasteiger charge is -2.40. The average molecular weight is 848 g/mol. The van der Waals surface area contributed by atoms with Crippen molar-refractivity contribution in [1.29, 1.82) is 5.26 Å². The lowest BCUT2D eigenvalue weighted by atomic mass is 9.86. The highest BCUT2D eigenvalue weighted by Crippen LogP contribution is 2.42. The second-order valence-corrected chi connectivity index (χ2v) is 17.8. The molecule has 6 rings (SSSR count). The third kappa shape index (κ3) is 10.9. The molecule has 2 aliphatic carbocycles. The number of thiocarbonyl (C=S) groups is 1. The zero-order chi connectivity index (χ0) is 41.3. The fourth-order valence-electron chi connectivity index (χ4n) is 9.24. The monoisotopic (exact) mass is 846 g/mol. The maximum absolute atomic E-state index is 14.5. The molecule has 1 aromatic carbocycles. The Kier molecular flexibility index (Phi) is 16.2. The number of rotatable bonds is 17. The van der Waals surface area contributed by atoms with Gasteiger partial charge in [-0.2, -0.15) is 5.26 Å². The van der Waals surface area contributed by atoms with Crippen LogP contribution in [0.5, 0.6) is 0 Å². The number of hydrogen-bond acceptors (Lipinski definition) is 12. The summed E-state index contributed by atoms with van der Waals surface area (Å²) in [5, 5.41) is 14.2. The number of methoxy groups -OCH3 is 1. The number of carbonyl (C=O) groups excluding carboxylic acids is 2. The first-order valence-electron chi connectivity index (χ1n) is 21.4. The van der Waals surface area contributed by atoms with Crippen molar-refractivity contribution in [3.63, 3.8) is 0 Å². The van der Waals surface area contributed by atoms with Crippen LogP contribution in [0.1, 0.15) is 122 Å². The summed E-state index contributed by atoms with van der Waals surface area (Å²) in [4.78, 5) is 31.8. The lowest BCUT2D eigenvalue weighted by Crippen LogP contribution is -2.57. The fraction of sp³-hybridized carbons (Fsp3) is 0.767. The molecule has 13 nitrogen and oxygen atoms in total. The van der Waals surface area contributed by atoms with E-state index in [0.717, 1.165) is 103 Å². The molecule has 0 bridgehead atoms. The first-order chi connectivity index (χ1) is 27.9. The summed E-state index contributed by atoms with van der Waals surface area (Å²) in [7, 11) is 1.36. The summed E-state index contributed by atoms with van der Waals surface area (Å²) in [6.45, 7) is 9.11. The molecule has 0 aromatic heterocycles. The van der Waals surface area contributed by atoms with Crippen molar-refractivity contribution in [2.24, 2.45) is 0 Å². The largest absolute Gasteiger partial charge is 0.468 e. The van der Waals surface area contributed by atoms with Gasteiger partial charge in [-0.15, -0.1) is 0 Å². The smallest absolute Gasteiger partial charge is 0.326 e. The Bertz CT molecular complexity index is 1600. The van der Waals surface area contributed by atoms with Gasteiger partial charge in [-0.1, -0.05) is 11.6 Å². The molecule has 3 unspecified atom stereocenters. The minimum Gasteiger partial charge on any atom is -0.468 e. The Morgan fingerprint density at radius 2 is 1.45 bits per heavy atom. The van der Waals surface area contributed by atoms with Gasteiger partial charge in [0.25, 0.3) is 5.91 Å². The summed E-state index contributed by atoms with van der Waals surface area (Å²) in [6, 6.07) is 5.53. The number of esters is 1. The van der Waals surface area contributed by atoms with E-state index < -0.39 is 17.0 Å². The molecule has 5 fully saturated rings. The van der Waals surface area contributed by atoms with Crippen LogP contribution in [0.2, 0.25) is 5.02 Å². The van der Waals surface area contributed by atoms with Crippen LogP contribution in [0.15, 0.2) is 12.1 Å². The summed E-state index contributed by atoms with van der Waals surface area (Å²) in [6.07, 6.45) is 12.8. The lowest BCUT2D eigenvalue weighted by molar-refractivity contribution is -0.172. The van der Waals surface area contributed by atoms with Crippen LogP contribution >= 0.6 is 23.8 Å². The highest BCUT2D eigenvalue weighted by molar-refractivity contribution is 7.80. The molecule has 3 heterocycles. The Morgan fingerprint density at radius 1 is 0.897 bits per heavy atom. The van der Waals surface area contributed by atoms with Crippen LogP contribution in [0.25, 0.3) is 0 Å². The van der Waals surface area contributed by atoms with Crippen LogP contribution in [0.4, 0.5) is 5.69 Å². The highest BCUT2D eigenvalue weighted by Gasteiger charge is 2.53. The molecule has 322 valence electrons. The number of carbonyl (C=O) groups is 2. The van der Waals surface area contributed by atoms with Crippen molar-refractivity contribution < 1.29 is 42.7 Å². The fourth-order valence-corrected chi connectivity index (χ4v) is 10.1. The molecule has 1 N–H and O–H groups in total. The minimum atomic E-state index is -1.24. The molecule has 2 saturated carbocycles. The third-order valence-corrected chi connectivity index (χ3v) is 13.2. The van der Waals surface area contributed by atoms with E-state index in [2.05, 4.69) is 16.3 Å². The summed E-state index contributed by atoms with van der Waals surface area (Å²) in [5.41, 5.74) is -0.996. The molecule has 0 spiro atoms. The van der Waals surface area contributed by atoms with Crippen LogP contribution in [-0.4, -0.2) is 117 Å². The van der Waals surface area contributed by atoms with Gasteiger partial charge in [-0.25, -0.2) is 0 Å². The van der Waals surface area contributed by atoms with Gasteiger partial charge in [-0.05, 0) is 141 Å². The highest BCUT2D eigenvalue weighted by atomic mass is 35.5. The second kappa shape index (κ2) is 20.9. The zero-order valence-corrected chi connectivity index (χ0v) is 36.3. The van der Waals surface area contributed by atoms with Crippen molar-refractivity contribution in [3.8, 4) is 6.07 Å². The predicted octanol–water partition coefficient (Wildman–Crippen LogP) is 6.73. The molecule has 3 atom stereocenters. The summed E-state index contributed by atoms with van der Waals surface area (Å²) < 4.78 is 40.7. The number of anilines is 1. The normalized spacial score (nSPS) is 28.9. The van der Waals surface area contributed by atoms with Gasteiger partial charge in [0, 0.05) is 31.7 Å². The molecule has 58 heavy (non-hydrogen) atoms. The Hall–Kier alpha value is -2.45. The quantitative estimate of drug-likeness (QED) is 0.101. The summed E-state index contributed by atoms with van der Waals surface area (Å²) in [5.74, 6) is -0.662. The topological polar surface area (TPSA) is 141 Å². The van der Waals surface area contributed by atoms with Gasteiger partial charge in [0.05, 0.1) is 62.0 Å². The van der Waals surface area contributed by atoms with E-state index in [0.29, 0.717) is 42.8 Å². The van der Waals surface area contributed by atoms with Crippen LogP contribution in [-0.2, 0) is 49.2 Å². The number of nitriles is 1. The Labute approximate surface area is 354 Å². The zero-order valence-electron chi connectivity index (χ0n) is 34.8. The van der Waals surface area contributed by atoms with Gasteiger partial charge < -0.3 is 38.1 Å². The van der Waals surface area contributed by atoms with E-state index in [1.54, 1.807) is 24.0 Å². The van der Waals surface area contributed by atoms with Gasteiger partial charge in [-0.3, -0.25) is 19.8 Å². The van der Waals surface area contributed by atoms with Crippen molar-refractivity contribution >= 4 is 46.5 Å². The van der Waals surface area contributed by atoms with Crippen LogP contribution < -0.4 is 10.2 Å². The number of halogens is 1.